The fraction of sp³-hybridized carbons (Fsp3) is 0.133. The lowest BCUT2D eigenvalue weighted by Gasteiger charge is -2.25. The van der Waals surface area contributed by atoms with Crippen LogP contribution in [0.25, 0.3) is 16.5 Å². The van der Waals surface area contributed by atoms with Crippen LogP contribution < -0.4 is 4.90 Å². The second kappa shape index (κ2) is 10.1. The summed E-state index contributed by atoms with van der Waals surface area (Å²) in [4.78, 5) is 44.1. The Hall–Kier alpha value is -4.78. The maximum absolute atomic E-state index is 13.3. The Kier molecular flexibility index (Phi) is 6.51. The number of fused-ring (bicyclic) bond motifs is 1. The minimum Gasteiger partial charge on any atom is -0.507 e. The maximum Gasteiger partial charge on any atom is 0.310 e. The van der Waals surface area contributed by atoms with Gasteiger partial charge >= 0.3 is 5.97 Å². The van der Waals surface area contributed by atoms with E-state index in [9.17, 15) is 19.5 Å². The number of benzene rings is 3. The van der Waals surface area contributed by atoms with Crippen LogP contribution in [0.4, 0.5) is 5.69 Å². The van der Waals surface area contributed by atoms with E-state index in [2.05, 4.69) is 4.98 Å². The van der Waals surface area contributed by atoms with Gasteiger partial charge in [0.15, 0.2) is 0 Å². The zero-order valence-corrected chi connectivity index (χ0v) is 20.1. The van der Waals surface area contributed by atoms with Crippen molar-refractivity contribution in [2.75, 3.05) is 11.5 Å². The number of aliphatic hydroxyl groups excluding tert-OH is 1. The zero-order valence-electron chi connectivity index (χ0n) is 20.1. The van der Waals surface area contributed by atoms with Gasteiger partial charge in [0.1, 0.15) is 5.76 Å². The van der Waals surface area contributed by atoms with Crippen molar-refractivity contribution in [2.24, 2.45) is 0 Å². The first kappa shape index (κ1) is 23.9. The third kappa shape index (κ3) is 4.59. The Labute approximate surface area is 213 Å². The summed E-state index contributed by atoms with van der Waals surface area (Å²) in [5, 5.41) is 13.3. The van der Waals surface area contributed by atoms with Crippen molar-refractivity contribution < 1.29 is 24.2 Å². The molecule has 1 aliphatic heterocycles. The van der Waals surface area contributed by atoms with Gasteiger partial charge in [0.05, 0.1) is 24.6 Å². The lowest BCUT2D eigenvalue weighted by Crippen LogP contribution is -2.29. The van der Waals surface area contributed by atoms with Gasteiger partial charge in [-0.05, 0) is 53.1 Å². The predicted octanol–water partition coefficient (Wildman–Crippen LogP) is 4.97. The minimum absolute atomic E-state index is 0.0103. The molecule has 0 bridgehead atoms. The third-order valence-corrected chi connectivity index (χ3v) is 6.34. The third-order valence-electron chi connectivity index (χ3n) is 6.34. The number of Topliss-reactive ketones (excluding diaryl/α,β-unsaturated/α-hetero) is 1. The first-order valence-electron chi connectivity index (χ1n) is 11.9. The van der Waals surface area contributed by atoms with Crippen molar-refractivity contribution in [3.05, 3.63) is 114 Å². The van der Waals surface area contributed by atoms with E-state index < -0.39 is 17.7 Å². The average molecular weight is 493 g/mol. The Morgan fingerprint density at radius 1 is 0.973 bits per heavy atom. The van der Waals surface area contributed by atoms with Gasteiger partial charge in [0, 0.05) is 23.6 Å². The summed E-state index contributed by atoms with van der Waals surface area (Å²) in [6.45, 7) is 2.04. The number of rotatable bonds is 6. The van der Waals surface area contributed by atoms with Gasteiger partial charge in [-0.25, -0.2) is 0 Å². The highest BCUT2D eigenvalue weighted by Crippen LogP contribution is 2.42. The fourth-order valence-corrected chi connectivity index (χ4v) is 4.60. The van der Waals surface area contributed by atoms with E-state index in [-0.39, 0.29) is 23.7 Å². The van der Waals surface area contributed by atoms with Crippen LogP contribution in [0.15, 0.2) is 96.8 Å². The van der Waals surface area contributed by atoms with Crippen LogP contribution in [0.1, 0.15) is 29.7 Å². The molecule has 1 aromatic heterocycles. The number of hydrogen-bond donors (Lipinski definition) is 1. The summed E-state index contributed by atoms with van der Waals surface area (Å²) in [7, 11) is 0. The Morgan fingerprint density at radius 3 is 2.43 bits per heavy atom. The molecule has 1 aliphatic rings. The number of esters is 1. The number of carbonyl (C=O) groups is 3. The molecular formula is C30H24N2O5. The molecule has 4 aromatic rings. The van der Waals surface area contributed by atoms with Gasteiger partial charge in [0.2, 0.25) is 0 Å². The summed E-state index contributed by atoms with van der Waals surface area (Å²) >= 11 is 0. The van der Waals surface area contributed by atoms with E-state index in [4.69, 9.17) is 4.74 Å². The zero-order chi connectivity index (χ0) is 25.9. The van der Waals surface area contributed by atoms with Gasteiger partial charge in [-0.2, -0.15) is 0 Å². The number of amides is 1. The molecule has 0 aliphatic carbocycles. The number of aliphatic hydroxyl groups is 1. The van der Waals surface area contributed by atoms with Crippen LogP contribution in [0.2, 0.25) is 0 Å². The molecule has 7 nitrogen and oxygen atoms in total. The normalized spacial score (nSPS) is 16.8. The SMILES string of the molecule is CCOC(=O)Cc1ccc(N2C(=O)C(=O)/C(=C(\O)c3ccc4ccccc4c3)C2c2cccnc2)cc1. The summed E-state index contributed by atoms with van der Waals surface area (Å²) in [6.07, 6.45) is 3.27. The van der Waals surface area contributed by atoms with E-state index in [0.717, 1.165) is 10.8 Å². The molecule has 1 unspecified atom stereocenters. The highest BCUT2D eigenvalue weighted by molar-refractivity contribution is 6.51. The number of pyridine rings is 1. The Morgan fingerprint density at radius 2 is 1.73 bits per heavy atom. The van der Waals surface area contributed by atoms with Crippen molar-refractivity contribution in [2.45, 2.75) is 19.4 Å². The topological polar surface area (TPSA) is 96.8 Å². The lowest BCUT2D eigenvalue weighted by molar-refractivity contribution is -0.142. The molecule has 7 heteroatoms. The van der Waals surface area contributed by atoms with Gasteiger partial charge in [-0.1, -0.05) is 54.6 Å². The number of hydrogen-bond acceptors (Lipinski definition) is 6. The van der Waals surface area contributed by atoms with Gasteiger partial charge < -0.3 is 9.84 Å². The van der Waals surface area contributed by atoms with Crippen LogP contribution in [0, 0.1) is 0 Å². The standard InChI is InChI=1S/C30H24N2O5/c1-2-37-25(33)16-19-9-13-24(14-10-19)32-27(23-8-5-15-31-18-23)26(29(35)30(32)36)28(34)22-12-11-20-6-3-4-7-21(20)17-22/h3-15,17-18,27,34H,2,16H2,1H3/b28-26-. The van der Waals surface area contributed by atoms with Crippen molar-refractivity contribution in [3.8, 4) is 0 Å². The summed E-state index contributed by atoms with van der Waals surface area (Å²) < 4.78 is 5.00. The molecule has 1 saturated heterocycles. The largest absolute Gasteiger partial charge is 0.507 e. The van der Waals surface area contributed by atoms with Crippen LogP contribution >= 0.6 is 0 Å². The molecule has 0 saturated carbocycles. The van der Waals surface area contributed by atoms with Gasteiger partial charge in [0.25, 0.3) is 11.7 Å². The quantitative estimate of drug-likeness (QED) is 0.177. The number of carbonyl (C=O) groups excluding carboxylic acids is 3. The lowest BCUT2D eigenvalue weighted by atomic mass is 9.95. The van der Waals surface area contributed by atoms with Crippen molar-refractivity contribution in [1.82, 2.24) is 4.98 Å². The molecule has 2 heterocycles. The monoisotopic (exact) mass is 492 g/mol. The van der Waals surface area contributed by atoms with Gasteiger partial charge in [-0.3, -0.25) is 24.3 Å². The Balaban J connectivity index is 1.60. The second-order valence-electron chi connectivity index (χ2n) is 8.67. The van der Waals surface area contributed by atoms with E-state index in [0.29, 0.717) is 29.0 Å². The van der Waals surface area contributed by atoms with Crippen molar-refractivity contribution in [1.29, 1.82) is 0 Å². The van der Waals surface area contributed by atoms with Crippen LogP contribution in [0.5, 0.6) is 0 Å². The molecule has 1 amide bonds. The van der Waals surface area contributed by atoms with E-state index in [1.807, 2.05) is 30.3 Å². The number of nitrogens with zero attached hydrogens (tertiary/aromatic N) is 2. The summed E-state index contributed by atoms with van der Waals surface area (Å²) in [5.41, 5.74) is 2.19. The summed E-state index contributed by atoms with van der Waals surface area (Å²) in [5.74, 6) is -2.13. The first-order valence-corrected chi connectivity index (χ1v) is 11.9. The summed E-state index contributed by atoms with van der Waals surface area (Å²) in [6, 6.07) is 22.5. The van der Waals surface area contributed by atoms with E-state index in [1.54, 1.807) is 67.8 Å². The molecule has 1 fully saturated rings. The Bertz CT molecular complexity index is 1530. The molecule has 0 radical (unpaired) electrons. The smallest absolute Gasteiger partial charge is 0.310 e. The van der Waals surface area contributed by atoms with Crippen LogP contribution in [-0.4, -0.2) is 34.4 Å². The number of anilines is 1. The van der Waals surface area contributed by atoms with Crippen LogP contribution in [-0.2, 0) is 25.5 Å². The average Bonchev–Trinajstić information content (AvgIpc) is 3.19. The molecule has 1 atom stereocenters. The van der Waals surface area contributed by atoms with E-state index >= 15 is 0 Å². The molecule has 184 valence electrons. The number of ether oxygens (including phenoxy) is 1. The first-order chi connectivity index (χ1) is 18.0. The van der Waals surface area contributed by atoms with Crippen molar-refractivity contribution in [3.63, 3.8) is 0 Å². The molecule has 0 spiro atoms. The van der Waals surface area contributed by atoms with Gasteiger partial charge in [-0.15, -0.1) is 0 Å². The second-order valence-corrected chi connectivity index (χ2v) is 8.67. The molecular weight excluding hydrogens is 468 g/mol. The molecule has 5 rings (SSSR count). The fourth-order valence-electron chi connectivity index (χ4n) is 4.60. The number of aromatic nitrogens is 1. The maximum atomic E-state index is 13.3. The minimum atomic E-state index is -0.879. The number of ketones is 1. The molecule has 1 N–H and O–H groups in total. The molecule has 3 aromatic carbocycles. The highest BCUT2D eigenvalue weighted by atomic mass is 16.5. The van der Waals surface area contributed by atoms with Crippen LogP contribution in [0.3, 0.4) is 0 Å². The molecule has 37 heavy (non-hydrogen) atoms. The predicted molar refractivity (Wildman–Crippen MR) is 140 cm³/mol. The van der Waals surface area contributed by atoms with E-state index in [1.165, 1.54) is 4.90 Å². The van der Waals surface area contributed by atoms with Crippen molar-refractivity contribution >= 4 is 39.9 Å². The highest BCUT2D eigenvalue weighted by Gasteiger charge is 2.47.